The molecule has 0 bridgehead atoms. The van der Waals surface area contributed by atoms with Gasteiger partial charge in [0.1, 0.15) is 0 Å². The van der Waals surface area contributed by atoms with Gasteiger partial charge in [0, 0.05) is 5.69 Å². The van der Waals surface area contributed by atoms with E-state index < -0.39 is 0 Å². The Morgan fingerprint density at radius 1 is 0.852 bits per heavy atom. The van der Waals surface area contributed by atoms with Crippen LogP contribution >= 0.6 is 0 Å². The van der Waals surface area contributed by atoms with Gasteiger partial charge in [-0.3, -0.25) is 0 Å². The van der Waals surface area contributed by atoms with Gasteiger partial charge in [0.25, 0.3) is 0 Å². The van der Waals surface area contributed by atoms with Crippen molar-refractivity contribution in [3.05, 3.63) is 76.9 Å². The summed E-state index contributed by atoms with van der Waals surface area (Å²) < 4.78 is 0. The number of benzene rings is 3. The molecule has 0 radical (unpaired) electrons. The summed E-state index contributed by atoms with van der Waals surface area (Å²) in [6.07, 6.45) is 0. The molecule has 0 spiro atoms. The first-order valence-electron chi connectivity index (χ1n) is 8.99. The van der Waals surface area contributed by atoms with Crippen molar-refractivity contribution in [2.45, 2.75) is 27.7 Å². The van der Waals surface area contributed by atoms with Crippen LogP contribution in [-0.2, 0) is 0 Å². The van der Waals surface area contributed by atoms with Crippen LogP contribution in [0.5, 0.6) is 0 Å². The quantitative estimate of drug-likeness (QED) is 0.341. The van der Waals surface area contributed by atoms with Crippen molar-refractivity contribution < 1.29 is 0 Å². The van der Waals surface area contributed by atoms with E-state index in [0.29, 0.717) is 17.3 Å². The summed E-state index contributed by atoms with van der Waals surface area (Å²) in [6, 6.07) is 18.4. The first kappa shape index (κ1) is 18.5. The number of aliphatic imine (C=N–C) groups is 1. The smallest absolute Gasteiger partial charge is 0.198 e. The monoisotopic (exact) mass is 358 g/mol. The van der Waals surface area contributed by atoms with E-state index >= 15 is 0 Å². The van der Waals surface area contributed by atoms with Gasteiger partial charge in [-0.1, -0.05) is 30.3 Å². The minimum Gasteiger partial charge on any atom is -0.397 e. The van der Waals surface area contributed by atoms with Gasteiger partial charge in [0.05, 0.1) is 11.4 Å². The van der Waals surface area contributed by atoms with Crippen molar-refractivity contribution in [2.24, 2.45) is 10.7 Å². The Bertz CT molecular complexity index is 975. The SMILES string of the molecule is Cc1cccc(NC(N)=Nc2c(C)cc(-c3c(C)cccc3C)cc2N)c1. The largest absolute Gasteiger partial charge is 0.397 e. The van der Waals surface area contributed by atoms with Crippen molar-refractivity contribution in [2.75, 3.05) is 11.1 Å². The summed E-state index contributed by atoms with van der Waals surface area (Å²) in [4.78, 5) is 4.52. The molecule has 0 heterocycles. The summed E-state index contributed by atoms with van der Waals surface area (Å²) in [5, 5.41) is 3.12. The number of anilines is 2. The maximum Gasteiger partial charge on any atom is 0.198 e. The normalized spacial score (nSPS) is 11.5. The van der Waals surface area contributed by atoms with Gasteiger partial charge in [-0.25, -0.2) is 4.99 Å². The fourth-order valence-electron chi connectivity index (χ4n) is 3.39. The number of aryl methyl sites for hydroxylation is 4. The van der Waals surface area contributed by atoms with Gasteiger partial charge in [0.15, 0.2) is 5.96 Å². The van der Waals surface area contributed by atoms with E-state index in [0.717, 1.165) is 22.4 Å². The number of nitrogen functional groups attached to an aromatic ring is 1. The summed E-state index contributed by atoms with van der Waals surface area (Å²) in [6.45, 7) is 8.27. The molecule has 3 aromatic rings. The van der Waals surface area contributed by atoms with Crippen molar-refractivity contribution in [3.63, 3.8) is 0 Å². The standard InChI is InChI=1S/C23H26N4/c1-14-7-5-10-19(11-14)26-23(25)27-22-17(4)12-18(13-20(22)24)21-15(2)8-6-9-16(21)3/h5-13H,24H2,1-4H3,(H3,25,26,27). The van der Waals surface area contributed by atoms with Gasteiger partial charge in [-0.15, -0.1) is 0 Å². The summed E-state index contributed by atoms with van der Waals surface area (Å²) in [7, 11) is 0. The molecule has 138 valence electrons. The molecule has 0 unspecified atom stereocenters. The van der Waals surface area contributed by atoms with E-state index in [2.05, 4.69) is 48.4 Å². The average Bonchev–Trinajstić information content (AvgIpc) is 2.58. The Balaban J connectivity index is 1.96. The molecule has 3 rings (SSSR count). The molecular formula is C23H26N4. The van der Waals surface area contributed by atoms with Crippen molar-refractivity contribution >= 4 is 23.0 Å². The number of nitrogens with one attached hydrogen (secondary N) is 1. The van der Waals surface area contributed by atoms with Crippen LogP contribution in [0.1, 0.15) is 22.3 Å². The summed E-state index contributed by atoms with van der Waals surface area (Å²) >= 11 is 0. The zero-order chi connectivity index (χ0) is 19.6. The van der Waals surface area contributed by atoms with Crippen LogP contribution in [0.3, 0.4) is 0 Å². The highest BCUT2D eigenvalue weighted by Gasteiger charge is 2.11. The number of rotatable bonds is 3. The molecule has 0 aliphatic rings. The average molecular weight is 358 g/mol. The van der Waals surface area contributed by atoms with E-state index in [9.17, 15) is 0 Å². The molecule has 0 fully saturated rings. The number of guanidine groups is 1. The second-order valence-corrected chi connectivity index (χ2v) is 6.99. The van der Waals surface area contributed by atoms with Crippen LogP contribution in [0.4, 0.5) is 17.1 Å². The third-order valence-corrected chi connectivity index (χ3v) is 4.62. The van der Waals surface area contributed by atoms with Crippen LogP contribution in [0, 0.1) is 27.7 Å². The molecule has 0 saturated heterocycles. The van der Waals surface area contributed by atoms with Gasteiger partial charge in [-0.2, -0.15) is 0 Å². The van der Waals surface area contributed by atoms with E-state index in [-0.39, 0.29) is 0 Å². The zero-order valence-corrected chi connectivity index (χ0v) is 16.3. The number of hydrogen-bond acceptors (Lipinski definition) is 2. The lowest BCUT2D eigenvalue weighted by Crippen LogP contribution is -2.22. The molecule has 4 heteroatoms. The van der Waals surface area contributed by atoms with Crippen LogP contribution in [-0.4, -0.2) is 5.96 Å². The maximum atomic E-state index is 6.34. The Morgan fingerprint density at radius 2 is 1.52 bits per heavy atom. The molecular weight excluding hydrogens is 332 g/mol. The molecule has 0 saturated carbocycles. The molecule has 0 aliphatic heterocycles. The highest BCUT2D eigenvalue weighted by Crippen LogP contribution is 2.35. The number of hydrogen-bond donors (Lipinski definition) is 3. The lowest BCUT2D eigenvalue weighted by molar-refractivity contribution is 1.34. The predicted octanol–water partition coefficient (Wildman–Crippen LogP) is 5.23. The molecule has 5 N–H and O–H groups in total. The lowest BCUT2D eigenvalue weighted by atomic mass is 9.94. The zero-order valence-electron chi connectivity index (χ0n) is 16.3. The van der Waals surface area contributed by atoms with Gasteiger partial charge < -0.3 is 16.8 Å². The van der Waals surface area contributed by atoms with Crippen LogP contribution in [0.15, 0.2) is 59.6 Å². The first-order chi connectivity index (χ1) is 12.8. The minimum absolute atomic E-state index is 0.315. The van der Waals surface area contributed by atoms with Gasteiger partial charge in [-0.05, 0) is 85.3 Å². The molecule has 0 aromatic heterocycles. The predicted molar refractivity (Wildman–Crippen MR) is 117 cm³/mol. The number of nitrogens with two attached hydrogens (primary N) is 2. The molecule has 0 amide bonds. The van der Waals surface area contributed by atoms with Crippen molar-refractivity contribution in [3.8, 4) is 11.1 Å². The van der Waals surface area contributed by atoms with Crippen molar-refractivity contribution in [1.29, 1.82) is 0 Å². The number of nitrogens with zero attached hydrogens (tertiary/aromatic N) is 1. The first-order valence-corrected chi connectivity index (χ1v) is 8.99. The Kier molecular flexibility index (Phi) is 5.17. The third kappa shape index (κ3) is 4.11. The van der Waals surface area contributed by atoms with Crippen LogP contribution < -0.4 is 16.8 Å². The fraction of sp³-hybridized carbons (Fsp3) is 0.174. The highest BCUT2D eigenvalue weighted by molar-refractivity contribution is 5.95. The van der Waals surface area contributed by atoms with Gasteiger partial charge >= 0.3 is 0 Å². The molecule has 0 aliphatic carbocycles. The second-order valence-electron chi connectivity index (χ2n) is 6.99. The second kappa shape index (κ2) is 7.54. The van der Waals surface area contributed by atoms with Crippen LogP contribution in [0.2, 0.25) is 0 Å². The molecule has 27 heavy (non-hydrogen) atoms. The Hall–Kier alpha value is -3.27. The van der Waals surface area contributed by atoms with E-state index in [1.54, 1.807) is 0 Å². The topological polar surface area (TPSA) is 76.4 Å². The molecule has 4 nitrogen and oxygen atoms in total. The summed E-state index contributed by atoms with van der Waals surface area (Å²) in [5.41, 5.74) is 21.6. The van der Waals surface area contributed by atoms with Crippen LogP contribution in [0.25, 0.3) is 11.1 Å². The van der Waals surface area contributed by atoms with Crippen molar-refractivity contribution in [1.82, 2.24) is 0 Å². The van der Waals surface area contributed by atoms with Gasteiger partial charge in [0.2, 0.25) is 0 Å². The minimum atomic E-state index is 0.315. The van der Waals surface area contributed by atoms with E-state index in [1.165, 1.54) is 16.7 Å². The fourth-order valence-corrected chi connectivity index (χ4v) is 3.39. The Labute approximate surface area is 160 Å². The third-order valence-electron chi connectivity index (χ3n) is 4.62. The van der Waals surface area contributed by atoms with E-state index in [4.69, 9.17) is 11.5 Å². The van der Waals surface area contributed by atoms with E-state index in [1.807, 2.05) is 44.2 Å². The molecule has 3 aromatic carbocycles. The highest BCUT2D eigenvalue weighted by atomic mass is 15.1. The molecule has 0 atom stereocenters. The lowest BCUT2D eigenvalue weighted by Gasteiger charge is -2.14. The Morgan fingerprint density at radius 3 is 2.15 bits per heavy atom. The maximum absolute atomic E-state index is 6.34. The summed E-state index contributed by atoms with van der Waals surface area (Å²) in [5.74, 6) is 0.315.